The van der Waals surface area contributed by atoms with Crippen LogP contribution in [0.25, 0.3) is 0 Å². The third kappa shape index (κ3) is 2.91. The molecule has 1 N–H and O–H groups in total. The number of rotatable bonds is 0. The zero-order chi connectivity index (χ0) is 10.9. The molecule has 1 saturated carbocycles. The van der Waals surface area contributed by atoms with Crippen molar-refractivity contribution in [1.29, 1.82) is 0 Å². The number of nitrogens with one attached hydrogen (secondary N) is 1. The molecule has 2 heteroatoms. The van der Waals surface area contributed by atoms with Crippen molar-refractivity contribution in [3.05, 3.63) is 0 Å². The molecule has 2 unspecified atom stereocenters. The normalized spacial score (nSPS) is 41.4. The Balaban J connectivity index is 2.02. The first-order chi connectivity index (χ1) is 7.02. The van der Waals surface area contributed by atoms with Gasteiger partial charge in [-0.1, -0.05) is 20.3 Å². The van der Waals surface area contributed by atoms with Crippen molar-refractivity contribution in [1.82, 2.24) is 5.32 Å². The molecule has 2 rings (SSSR count). The number of thioether (sulfide) groups is 1. The predicted octanol–water partition coefficient (Wildman–Crippen LogP) is 3.79. The van der Waals surface area contributed by atoms with Crippen LogP contribution in [0.4, 0.5) is 0 Å². The Kier molecular flexibility index (Phi) is 3.37. The molecule has 1 saturated heterocycles. The lowest BCUT2D eigenvalue weighted by Gasteiger charge is -2.41. The van der Waals surface area contributed by atoms with Crippen molar-refractivity contribution in [3.8, 4) is 0 Å². The van der Waals surface area contributed by atoms with Crippen LogP contribution in [0.2, 0.25) is 0 Å². The molecular formula is C13H25NS. The standard InChI is InChI=1S/C13H25NS/c1-11-5-10-15-13(14-11)7-4-6-12(2,3)8-9-13/h11,14H,4-10H2,1-3H3. The maximum absolute atomic E-state index is 3.87. The quantitative estimate of drug-likeness (QED) is 0.676. The number of hydrogen-bond acceptors (Lipinski definition) is 2. The summed E-state index contributed by atoms with van der Waals surface area (Å²) in [6.45, 7) is 7.21. The average Bonchev–Trinajstić information content (AvgIpc) is 2.27. The Hall–Kier alpha value is 0.310. The lowest BCUT2D eigenvalue weighted by Crippen LogP contribution is -2.50. The van der Waals surface area contributed by atoms with E-state index in [2.05, 4.69) is 37.8 Å². The molecule has 0 radical (unpaired) electrons. The Bertz CT molecular complexity index is 227. The van der Waals surface area contributed by atoms with Crippen LogP contribution >= 0.6 is 11.8 Å². The van der Waals surface area contributed by atoms with Crippen LogP contribution in [0.5, 0.6) is 0 Å². The van der Waals surface area contributed by atoms with E-state index in [0.29, 0.717) is 10.3 Å². The zero-order valence-corrected chi connectivity index (χ0v) is 11.3. The van der Waals surface area contributed by atoms with Crippen molar-refractivity contribution < 1.29 is 0 Å². The molecule has 88 valence electrons. The third-order valence-electron chi connectivity index (χ3n) is 4.08. The van der Waals surface area contributed by atoms with Gasteiger partial charge < -0.3 is 5.32 Å². The topological polar surface area (TPSA) is 12.0 Å². The summed E-state index contributed by atoms with van der Waals surface area (Å²) >= 11 is 2.19. The summed E-state index contributed by atoms with van der Waals surface area (Å²) in [5, 5.41) is 3.87. The van der Waals surface area contributed by atoms with Gasteiger partial charge in [0.05, 0.1) is 4.87 Å². The summed E-state index contributed by atoms with van der Waals surface area (Å²) in [5.74, 6) is 1.36. The highest BCUT2D eigenvalue weighted by Crippen LogP contribution is 2.45. The van der Waals surface area contributed by atoms with E-state index in [4.69, 9.17) is 0 Å². The van der Waals surface area contributed by atoms with Gasteiger partial charge in [-0.05, 0) is 50.2 Å². The van der Waals surface area contributed by atoms with Crippen molar-refractivity contribution in [2.24, 2.45) is 5.41 Å². The fourth-order valence-electron chi connectivity index (χ4n) is 2.93. The highest BCUT2D eigenvalue weighted by Gasteiger charge is 2.38. The summed E-state index contributed by atoms with van der Waals surface area (Å²) in [6, 6.07) is 0.729. The van der Waals surface area contributed by atoms with E-state index >= 15 is 0 Å². The van der Waals surface area contributed by atoms with Crippen molar-refractivity contribution in [3.63, 3.8) is 0 Å². The number of hydrogen-bond donors (Lipinski definition) is 1. The molecule has 1 spiro atoms. The molecule has 0 bridgehead atoms. The predicted molar refractivity (Wildman–Crippen MR) is 69.3 cm³/mol. The van der Waals surface area contributed by atoms with Gasteiger partial charge in [0.25, 0.3) is 0 Å². The molecule has 15 heavy (non-hydrogen) atoms. The van der Waals surface area contributed by atoms with Crippen LogP contribution in [0, 0.1) is 5.41 Å². The van der Waals surface area contributed by atoms with Gasteiger partial charge in [0.1, 0.15) is 0 Å². The second kappa shape index (κ2) is 4.29. The molecule has 0 aromatic carbocycles. The van der Waals surface area contributed by atoms with Crippen molar-refractivity contribution in [2.45, 2.75) is 70.2 Å². The van der Waals surface area contributed by atoms with Crippen LogP contribution in [0.3, 0.4) is 0 Å². The molecule has 2 atom stereocenters. The fourth-order valence-corrected chi connectivity index (χ4v) is 4.61. The van der Waals surface area contributed by atoms with E-state index in [1.807, 2.05) is 0 Å². The van der Waals surface area contributed by atoms with E-state index in [0.717, 1.165) is 6.04 Å². The minimum Gasteiger partial charge on any atom is -0.300 e. The Morgan fingerprint density at radius 1 is 1.13 bits per heavy atom. The second-order valence-electron chi connectivity index (χ2n) is 6.19. The van der Waals surface area contributed by atoms with Gasteiger partial charge in [0, 0.05) is 6.04 Å². The maximum atomic E-state index is 3.87. The Labute approximate surface area is 98.8 Å². The maximum Gasteiger partial charge on any atom is 0.0647 e. The lowest BCUT2D eigenvalue weighted by molar-refractivity contribution is 0.298. The van der Waals surface area contributed by atoms with Gasteiger partial charge >= 0.3 is 0 Å². The van der Waals surface area contributed by atoms with E-state index < -0.39 is 0 Å². The minimum atomic E-state index is 0.436. The first-order valence-electron chi connectivity index (χ1n) is 6.43. The highest BCUT2D eigenvalue weighted by molar-refractivity contribution is 8.00. The largest absolute Gasteiger partial charge is 0.300 e. The fraction of sp³-hybridized carbons (Fsp3) is 1.00. The lowest BCUT2D eigenvalue weighted by atomic mass is 9.85. The van der Waals surface area contributed by atoms with Gasteiger partial charge in [0.2, 0.25) is 0 Å². The Morgan fingerprint density at radius 3 is 2.67 bits per heavy atom. The molecule has 0 aromatic heterocycles. The summed E-state index contributed by atoms with van der Waals surface area (Å²) < 4.78 is 0. The van der Waals surface area contributed by atoms with E-state index in [-0.39, 0.29) is 0 Å². The molecular weight excluding hydrogens is 202 g/mol. The minimum absolute atomic E-state index is 0.436. The van der Waals surface area contributed by atoms with E-state index in [1.165, 1.54) is 44.3 Å². The highest BCUT2D eigenvalue weighted by atomic mass is 32.2. The first kappa shape index (κ1) is 11.8. The van der Waals surface area contributed by atoms with Gasteiger partial charge in [-0.25, -0.2) is 0 Å². The average molecular weight is 227 g/mol. The van der Waals surface area contributed by atoms with Gasteiger partial charge in [-0.15, -0.1) is 11.8 Å². The monoisotopic (exact) mass is 227 g/mol. The van der Waals surface area contributed by atoms with Gasteiger partial charge in [-0.2, -0.15) is 0 Å². The van der Waals surface area contributed by atoms with Gasteiger partial charge in [-0.3, -0.25) is 0 Å². The van der Waals surface area contributed by atoms with E-state index in [1.54, 1.807) is 0 Å². The Morgan fingerprint density at radius 2 is 1.93 bits per heavy atom. The third-order valence-corrected chi connectivity index (χ3v) is 5.60. The molecule has 1 heterocycles. The van der Waals surface area contributed by atoms with Crippen LogP contribution in [0.15, 0.2) is 0 Å². The smallest absolute Gasteiger partial charge is 0.0647 e. The molecule has 1 nitrogen and oxygen atoms in total. The van der Waals surface area contributed by atoms with E-state index in [9.17, 15) is 0 Å². The summed E-state index contributed by atoms with van der Waals surface area (Å²) in [6.07, 6.45) is 8.29. The molecule has 0 aromatic rings. The molecule has 0 amide bonds. The summed E-state index contributed by atoms with van der Waals surface area (Å²) in [4.78, 5) is 0.436. The zero-order valence-electron chi connectivity index (χ0n) is 10.4. The van der Waals surface area contributed by atoms with Crippen LogP contribution in [-0.2, 0) is 0 Å². The SMILES string of the molecule is CC1CCSC2(CCCC(C)(C)CC2)N1. The molecule has 2 aliphatic rings. The van der Waals surface area contributed by atoms with Crippen molar-refractivity contribution in [2.75, 3.05) is 5.75 Å². The summed E-state index contributed by atoms with van der Waals surface area (Å²) in [7, 11) is 0. The molecule has 2 fully saturated rings. The van der Waals surface area contributed by atoms with Crippen LogP contribution in [0.1, 0.15) is 59.3 Å². The van der Waals surface area contributed by atoms with Crippen LogP contribution < -0.4 is 5.32 Å². The van der Waals surface area contributed by atoms with Crippen molar-refractivity contribution >= 4 is 11.8 Å². The van der Waals surface area contributed by atoms with Gasteiger partial charge in [0.15, 0.2) is 0 Å². The molecule has 1 aliphatic carbocycles. The molecule has 1 aliphatic heterocycles. The van der Waals surface area contributed by atoms with Crippen LogP contribution in [-0.4, -0.2) is 16.7 Å². The first-order valence-corrected chi connectivity index (χ1v) is 7.42. The second-order valence-corrected chi connectivity index (χ2v) is 7.67. The summed E-state index contributed by atoms with van der Waals surface area (Å²) in [5.41, 5.74) is 0.576.